The van der Waals surface area contributed by atoms with E-state index in [-0.39, 0.29) is 12.8 Å². The number of aliphatic carboxylic acids is 2. The van der Waals surface area contributed by atoms with Crippen LogP contribution in [0.25, 0.3) is 0 Å². The molecule has 0 aliphatic heterocycles. The molecule has 0 fully saturated rings. The Morgan fingerprint density at radius 3 is 1.94 bits per heavy atom. The summed E-state index contributed by atoms with van der Waals surface area (Å²) < 4.78 is 0. The molecule has 3 amide bonds. The van der Waals surface area contributed by atoms with Gasteiger partial charge in [0.1, 0.15) is 18.1 Å². The number of rotatable bonds is 14. The predicted molar refractivity (Wildman–Crippen MR) is 114 cm³/mol. The van der Waals surface area contributed by atoms with Gasteiger partial charge in [0.05, 0.1) is 24.6 Å². The van der Waals surface area contributed by atoms with Crippen molar-refractivity contribution in [1.82, 2.24) is 25.9 Å². The zero-order valence-electron chi connectivity index (χ0n) is 18.6. The van der Waals surface area contributed by atoms with Gasteiger partial charge in [0.25, 0.3) is 0 Å². The molecule has 0 radical (unpaired) electrons. The topological polar surface area (TPSA) is 257 Å². The highest BCUT2D eigenvalue weighted by Gasteiger charge is 2.34. The van der Waals surface area contributed by atoms with Gasteiger partial charge in [-0.1, -0.05) is 0 Å². The van der Waals surface area contributed by atoms with E-state index in [1.165, 1.54) is 26.4 Å². The zero-order chi connectivity index (χ0) is 26.0. The molecule has 1 rings (SSSR count). The molecule has 15 heteroatoms. The molecule has 0 saturated carbocycles. The number of carbonyl (C=O) groups is 5. The average molecular weight is 486 g/mol. The molecule has 0 aliphatic rings. The summed E-state index contributed by atoms with van der Waals surface area (Å²) in [5.41, 5.74) is 6.01. The number of aromatic amines is 1. The molecule has 10 N–H and O–H groups in total. The van der Waals surface area contributed by atoms with Gasteiger partial charge >= 0.3 is 11.9 Å². The molecule has 0 aliphatic carbocycles. The highest BCUT2D eigenvalue weighted by atomic mass is 16.4. The largest absolute Gasteiger partial charge is 0.481 e. The van der Waals surface area contributed by atoms with Gasteiger partial charge in [-0.15, -0.1) is 0 Å². The van der Waals surface area contributed by atoms with Crippen molar-refractivity contribution in [2.45, 2.75) is 69.5 Å². The van der Waals surface area contributed by atoms with Crippen molar-refractivity contribution >= 4 is 29.7 Å². The van der Waals surface area contributed by atoms with Crippen LogP contribution in [-0.2, 0) is 30.4 Å². The van der Waals surface area contributed by atoms with Gasteiger partial charge in [0, 0.05) is 24.7 Å². The van der Waals surface area contributed by atoms with E-state index in [1.54, 1.807) is 0 Å². The van der Waals surface area contributed by atoms with Crippen LogP contribution < -0.4 is 21.7 Å². The molecule has 190 valence electrons. The SMILES string of the molecule is CC(O)C(NC(=O)C(N)CCC(=O)O)C(=O)NC(C(=O)NC(Cc1cnc[nH]1)C(=O)O)C(C)O. The second-order valence-corrected chi connectivity index (χ2v) is 7.67. The Morgan fingerprint density at radius 2 is 1.50 bits per heavy atom. The third kappa shape index (κ3) is 9.13. The van der Waals surface area contributed by atoms with Crippen LogP contribution in [0.15, 0.2) is 12.5 Å². The molecule has 15 nitrogen and oxygen atoms in total. The van der Waals surface area contributed by atoms with Gasteiger partial charge < -0.3 is 47.1 Å². The van der Waals surface area contributed by atoms with Crippen LogP contribution in [0.1, 0.15) is 32.4 Å². The van der Waals surface area contributed by atoms with Crippen LogP contribution in [0.4, 0.5) is 0 Å². The molecule has 1 aromatic rings. The van der Waals surface area contributed by atoms with Crippen LogP contribution in [0.5, 0.6) is 0 Å². The highest BCUT2D eigenvalue weighted by Crippen LogP contribution is 2.04. The Labute approximate surface area is 194 Å². The number of aliphatic hydroxyl groups excluding tert-OH is 2. The number of hydrogen-bond donors (Lipinski definition) is 9. The molecule has 6 unspecified atom stereocenters. The summed E-state index contributed by atoms with van der Waals surface area (Å²) in [7, 11) is 0. The standard InChI is InChI=1S/C19H30N6O9/c1-8(26)14(17(31)23-12(19(33)34)5-10-6-21-7-22-10)25-18(32)15(9(2)27)24-16(30)11(20)3-4-13(28)29/h6-9,11-12,14-15,26-27H,3-5,20H2,1-2H3,(H,21,22)(H,23,31)(H,24,30)(H,25,32)(H,28,29)(H,33,34). The van der Waals surface area contributed by atoms with E-state index in [0.717, 1.165) is 0 Å². The monoisotopic (exact) mass is 486 g/mol. The van der Waals surface area contributed by atoms with E-state index in [4.69, 9.17) is 10.8 Å². The Bertz CT molecular complexity index is 858. The van der Waals surface area contributed by atoms with Crippen molar-refractivity contribution in [3.05, 3.63) is 18.2 Å². The van der Waals surface area contributed by atoms with Crippen LogP contribution in [0.2, 0.25) is 0 Å². The molecule has 1 heterocycles. The van der Waals surface area contributed by atoms with Crippen molar-refractivity contribution < 1.29 is 44.4 Å². The molecule has 34 heavy (non-hydrogen) atoms. The van der Waals surface area contributed by atoms with E-state index in [0.29, 0.717) is 5.69 Å². The lowest BCUT2D eigenvalue weighted by atomic mass is 10.1. The first-order valence-electron chi connectivity index (χ1n) is 10.3. The summed E-state index contributed by atoms with van der Waals surface area (Å²) in [4.78, 5) is 66.1. The fraction of sp³-hybridized carbons (Fsp3) is 0.579. The molecular formula is C19H30N6O9. The first-order valence-corrected chi connectivity index (χ1v) is 10.3. The third-order valence-electron chi connectivity index (χ3n) is 4.72. The van der Waals surface area contributed by atoms with Crippen molar-refractivity contribution in [3.8, 4) is 0 Å². The fourth-order valence-electron chi connectivity index (χ4n) is 2.80. The van der Waals surface area contributed by atoms with Gasteiger partial charge in [-0.25, -0.2) is 9.78 Å². The molecule has 1 aromatic heterocycles. The Hall–Kier alpha value is -3.56. The van der Waals surface area contributed by atoms with Crippen LogP contribution >= 0.6 is 0 Å². The number of carboxylic acids is 2. The van der Waals surface area contributed by atoms with Gasteiger partial charge in [-0.05, 0) is 20.3 Å². The van der Waals surface area contributed by atoms with Gasteiger partial charge in [-0.3, -0.25) is 19.2 Å². The molecule has 0 spiro atoms. The Morgan fingerprint density at radius 1 is 0.971 bits per heavy atom. The molecule has 6 atom stereocenters. The molecular weight excluding hydrogens is 456 g/mol. The van der Waals surface area contributed by atoms with E-state index >= 15 is 0 Å². The van der Waals surface area contributed by atoms with Gasteiger partial charge in [-0.2, -0.15) is 0 Å². The van der Waals surface area contributed by atoms with Crippen molar-refractivity contribution in [2.24, 2.45) is 5.73 Å². The summed E-state index contributed by atoms with van der Waals surface area (Å²) in [5, 5.41) is 44.5. The van der Waals surface area contributed by atoms with Crippen LogP contribution in [-0.4, -0.2) is 96.4 Å². The number of nitrogens with one attached hydrogen (secondary N) is 4. The second kappa shape index (κ2) is 13.2. The zero-order valence-corrected chi connectivity index (χ0v) is 18.6. The van der Waals surface area contributed by atoms with Crippen molar-refractivity contribution in [3.63, 3.8) is 0 Å². The predicted octanol–water partition coefficient (Wildman–Crippen LogP) is -3.56. The normalized spacial score (nSPS) is 16.3. The number of nitrogens with zero attached hydrogens (tertiary/aromatic N) is 1. The maximum atomic E-state index is 12.7. The van der Waals surface area contributed by atoms with E-state index in [9.17, 15) is 39.3 Å². The molecule has 0 bridgehead atoms. The number of imidazole rings is 1. The Kier molecular flexibility index (Phi) is 11.1. The van der Waals surface area contributed by atoms with Gasteiger partial charge in [0.15, 0.2) is 0 Å². The van der Waals surface area contributed by atoms with Crippen molar-refractivity contribution in [2.75, 3.05) is 0 Å². The van der Waals surface area contributed by atoms with E-state index in [1.807, 2.05) is 0 Å². The first kappa shape index (κ1) is 28.5. The molecule has 0 saturated heterocycles. The van der Waals surface area contributed by atoms with Crippen molar-refractivity contribution in [1.29, 1.82) is 0 Å². The maximum Gasteiger partial charge on any atom is 0.326 e. The lowest BCUT2D eigenvalue weighted by Crippen LogP contribution is -2.62. The number of hydrogen-bond acceptors (Lipinski definition) is 9. The van der Waals surface area contributed by atoms with Gasteiger partial charge in [0.2, 0.25) is 17.7 Å². The summed E-state index contributed by atoms with van der Waals surface area (Å²) in [6.07, 6.45) is -1.01. The summed E-state index contributed by atoms with van der Waals surface area (Å²) in [6, 6.07) is -5.92. The number of aliphatic hydroxyl groups is 2. The smallest absolute Gasteiger partial charge is 0.326 e. The third-order valence-corrected chi connectivity index (χ3v) is 4.72. The highest BCUT2D eigenvalue weighted by molar-refractivity contribution is 5.94. The first-order chi connectivity index (χ1) is 15.8. The number of nitrogens with two attached hydrogens (primary N) is 1. The second-order valence-electron chi connectivity index (χ2n) is 7.67. The lowest BCUT2D eigenvalue weighted by molar-refractivity contribution is -0.143. The summed E-state index contributed by atoms with van der Waals surface area (Å²) >= 11 is 0. The number of amides is 3. The fourth-order valence-corrected chi connectivity index (χ4v) is 2.80. The quantitative estimate of drug-likeness (QED) is 0.124. The van der Waals surface area contributed by atoms with E-state index in [2.05, 4.69) is 25.9 Å². The molecule has 0 aromatic carbocycles. The number of aromatic nitrogens is 2. The lowest BCUT2D eigenvalue weighted by Gasteiger charge is -2.27. The number of carbonyl (C=O) groups excluding carboxylic acids is 3. The summed E-state index contributed by atoms with van der Waals surface area (Å²) in [6.45, 7) is 2.35. The Balaban J connectivity index is 2.88. The minimum absolute atomic E-state index is 0.151. The number of H-pyrrole nitrogens is 1. The van der Waals surface area contributed by atoms with Crippen LogP contribution in [0.3, 0.4) is 0 Å². The maximum absolute atomic E-state index is 12.7. The van der Waals surface area contributed by atoms with Crippen LogP contribution in [0, 0.1) is 0 Å². The minimum Gasteiger partial charge on any atom is -0.481 e. The summed E-state index contributed by atoms with van der Waals surface area (Å²) in [5.74, 6) is -5.54. The van der Waals surface area contributed by atoms with E-state index < -0.39 is 72.5 Å². The number of carboxylic acid groups (broad SMARTS) is 2. The average Bonchev–Trinajstić information content (AvgIpc) is 3.25. The minimum atomic E-state index is -1.63.